The Hall–Kier alpha value is -4.69. The van der Waals surface area contributed by atoms with Gasteiger partial charge in [-0.2, -0.15) is 0 Å². The van der Waals surface area contributed by atoms with E-state index >= 15 is 0 Å². The van der Waals surface area contributed by atoms with Gasteiger partial charge in [-0.3, -0.25) is 9.59 Å². The second-order valence-electron chi connectivity index (χ2n) is 8.08. The number of carbonyl (C=O) groups excluding carboxylic acids is 3. The van der Waals surface area contributed by atoms with Crippen LogP contribution in [0.4, 0.5) is 4.79 Å². The lowest BCUT2D eigenvalue weighted by Gasteiger charge is -2.10. The predicted octanol–water partition coefficient (Wildman–Crippen LogP) is 1.27. The minimum absolute atomic E-state index is 0.00464. The Kier molecular flexibility index (Phi) is 10.4. The van der Waals surface area contributed by atoms with Gasteiger partial charge >= 0.3 is 6.09 Å². The fourth-order valence-electron chi connectivity index (χ4n) is 3.34. The first kappa shape index (κ1) is 29.9. The van der Waals surface area contributed by atoms with Crippen molar-refractivity contribution in [2.45, 2.75) is 11.3 Å². The summed E-state index contributed by atoms with van der Waals surface area (Å²) in [6.07, 6.45) is 0.646. The van der Waals surface area contributed by atoms with Crippen LogP contribution < -0.4 is 29.6 Å². The average molecular weight is 573 g/mol. The van der Waals surface area contributed by atoms with Gasteiger partial charge in [-0.1, -0.05) is 12.1 Å². The van der Waals surface area contributed by atoms with E-state index in [1.165, 1.54) is 38.5 Å². The molecule has 0 fully saturated rings. The molecule has 0 saturated carbocycles. The quantitative estimate of drug-likeness (QED) is 0.247. The fraction of sp³-hybridized carbons (Fsp3) is 0.231. The van der Waals surface area contributed by atoms with Crippen molar-refractivity contribution in [1.82, 2.24) is 20.3 Å². The van der Waals surface area contributed by atoms with E-state index in [-0.39, 0.29) is 35.4 Å². The minimum atomic E-state index is -4.18. The molecule has 0 bridgehead atoms. The van der Waals surface area contributed by atoms with Gasteiger partial charge in [-0.05, 0) is 48.4 Å². The van der Waals surface area contributed by atoms with E-state index < -0.39 is 22.0 Å². The maximum Gasteiger partial charge on any atom is 0.414 e. The van der Waals surface area contributed by atoms with E-state index in [1.54, 1.807) is 30.3 Å². The molecule has 1 heterocycles. The highest BCUT2D eigenvalue weighted by atomic mass is 32.2. The molecule has 13 nitrogen and oxygen atoms in total. The van der Waals surface area contributed by atoms with Crippen molar-refractivity contribution in [2.24, 2.45) is 0 Å². The highest BCUT2D eigenvalue weighted by molar-refractivity contribution is 7.90. The van der Waals surface area contributed by atoms with E-state index in [0.29, 0.717) is 30.0 Å². The number of nitrogens with zero attached hydrogens (tertiary/aromatic N) is 1. The van der Waals surface area contributed by atoms with E-state index in [1.807, 2.05) is 4.72 Å². The molecule has 212 valence electrons. The van der Waals surface area contributed by atoms with Gasteiger partial charge in [-0.25, -0.2) is 22.9 Å². The number of rotatable bonds is 12. The van der Waals surface area contributed by atoms with Crippen LogP contribution >= 0.6 is 0 Å². The summed E-state index contributed by atoms with van der Waals surface area (Å²) in [7, 11) is -1.21. The van der Waals surface area contributed by atoms with Crippen LogP contribution in [0.2, 0.25) is 0 Å². The van der Waals surface area contributed by atoms with Crippen molar-refractivity contribution in [1.29, 1.82) is 0 Å². The van der Waals surface area contributed by atoms with Gasteiger partial charge in [0, 0.05) is 30.9 Å². The number of sulfonamides is 1. The largest absolute Gasteiger partial charge is 0.493 e. The number of hydrogen-bond acceptors (Lipinski definition) is 10. The van der Waals surface area contributed by atoms with Crippen molar-refractivity contribution in [2.75, 3.05) is 33.9 Å². The number of ether oxygens (including phenoxy) is 3. The van der Waals surface area contributed by atoms with Gasteiger partial charge in [0.15, 0.2) is 11.5 Å². The normalized spacial score (nSPS) is 10.8. The van der Waals surface area contributed by atoms with Gasteiger partial charge in [0.05, 0.1) is 31.3 Å². The van der Waals surface area contributed by atoms with E-state index in [0.717, 1.165) is 11.8 Å². The van der Waals surface area contributed by atoms with Crippen LogP contribution in [0.15, 0.2) is 65.7 Å². The Morgan fingerprint density at radius 3 is 2.17 bits per heavy atom. The zero-order valence-corrected chi connectivity index (χ0v) is 22.5. The molecule has 0 unspecified atom stereocenters. The lowest BCUT2D eigenvalue weighted by Crippen LogP contribution is -2.31. The Morgan fingerprint density at radius 1 is 0.850 bits per heavy atom. The van der Waals surface area contributed by atoms with E-state index in [9.17, 15) is 22.8 Å². The number of amides is 3. The Bertz CT molecular complexity index is 1440. The van der Waals surface area contributed by atoms with E-state index in [4.69, 9.17) is 19.3 Å². The molecule has 3 aromatic rings. The van der Waals surface area contributed by atoms with Crippen molar-refractivity contribution in [3.63, 3.8) is 0 Å². The third-order valence-electron chi connectivity index (χ3n) is 5.38. The SMILES string of the molecule is COc1ccc(C(=O)NCCc2ccc(S(=O)(=O)NC(=O)c3ccc(OC(=O)NCCO)nc3)cc2)cc1OC. The highest BCUT2D eigenvalue weighted by Crippen LogP contribution is 2.27. The summed E-state index contributed by atoms with van der Waals surface area (Å²) >= 11 is 0. The smallest absolute Gasteiger partial charge is 0.414 e. The van der Waals surface area contributed by atoms with Gasteiger partial charge in [0.1, 0.15) is 0 Å². The van der Waals surface area contributed by atoms with Crippen molar-refractivity contribution in [3.05, 3.63) is 77.5 Å². The summed E-state index contributed by atoms with van der Waals surface area (Å²) in [4.78, 5) is 40.0. The summed E-state index contributed by atoms with van der Waals surface area (Å²) in [5, 5.41) is 13.7. The highest BCUT2D eigenvalue weighted by Gasteiger charge is 2.19. The summed E-state index contributed by atoms with van der Waals surface area (Å²) < 4.78 is 42.5. The second kappa shape index (κ2) is 13.9. The molecular weight excluding hydrogens is 544 g/mol. The van der Waals surface area contributed by atoms with Gasteiger partial charge in [0.25, 0.3) is 21.8 Å². The lowest BCUT2D eigenvalue weighted by molar-refractivity contribution is 0.0951. The molecule has 0 aliphatic heterocycles. The molecule has 1 aromatic heterocycles. The standard InChI is InChI=1S/C26H28N4O9S/c1-37-21-9-5-18(15-22(21)38-2)24(32)27-12-11-17-3-7-20(8-4-17)40(35,36)30-25(33)19-6-10-23(29-16-19)39-26(34)28-13-14-31/h3-10,15-16,31H,11-14H2,1-2H3,(H,27,32)(H,28,34)(H,30,33). The molecule has 3 rings (SSSR count). The number of nitrogens with one attached hydrogen (secondary N) is 3. The first-order valence-corrected chi connectivity index (χ1v) is 13.3. The number of carbonyl (C=O) groups is 3. The summed E-state index contributed by atoms with van der Waals surface area (Å²) in [5.74, 6) is -0.412. The molecule has 0 aliphatic carbocycles. The molecule has 2 aromatic carbocycles. The first-order chi connectivity index (χ1) is 19.2. The zero-order valence-electron chi connectivity index (χ0n) is 21.7. The van der Waals surface area contributed by atoms with Crippen LogP contribution in [0.25, 0.3) is 0 Å². The molecule has 0 atom stereocenters. The Labute approximate surface area is 230 Å². The number of methoxy groups -OCH3 is 2. The summed E-state index contributed by atoms with van der Waals surface area (Å²) in [6, 6.07) is 13.1. The van der Waals surface area contributed by atoms with Crippen LogP contribution in [-0.2, 0) is 16.4 Å². The summed E-state index contributed by atoms with van der Waals surface area (Å²) in [6.45, 7) is 0.0277. The van der Waals surface area contributed by atoms with E-state index in [2.05, 4.69) is 15.6 Å². The number of aliphatic hydroxyl groups excluding tert-OH is 1. The lowest BCUT2D eigenvalue weighted by atomic mass is 10.1. The summed E-state index contributed by atoms with van der Waals surface area (Å²) in [5.41, 5.74) is 1.09. The number of hydrogen-bond donors (Lipinski definition) is 4. The van der Waals surface area contributed by atoms with Crippen LogP contribution in [0.3, 0.4) is 0 Å². The second-order valence-corrected chi connectivity index (χ2v) is 9.76. The monoisotopic (exact) mass is 572 g/mol. The number of aromatic nitrogens is 1. The molecule has 40 heavy (non-hydrogen) atoms. The average Bonchev–Trinajstić information content (AvgIpc) is 2.96. The Morgan fingerprint density at radius 2 is 1.55 bits per heavy atom. The molecule has 0 saturated heterocycles. The fourth-order valence-corrected chi connectivity index (χ4v) is 4.31. The van der Waals surface area contributed by atoms with Crippen LogP contribution in [0.1, 0.15) is 26.3 Å². The molecule has 0 radical (unpaired) electrons. The molecule has 0 spiro atoms. The van der Waals surface area contributed by atoms with Gasteiger partial charge < -0.3 is 30.0 Å². The third kappa shape index (κ3) is 8.15. The third-order valence-corrected chi connectivity index (χ3v) is 6.73. The maximum absolute atomic E-state index is 12.7. The van der Waals surface area contributed by atoms with Gasteiger partial charge in [-0.15, -0.1) is 0 Å². The Balaban J connectivity index is 1.53. The van der Waals surface area contributed by atoms with Crippen molar-refractivity contribution < 1.29 is 42.1 Å². The van der Waals surface area contributed by atoms with Crippen molar-refractivity contribution in [3.8, 4) is 17.4 Å². The molecule has 3 amide bonds. The molecule has 4 N–H and O–H groups in total. The minimum Gasteiger partial charge on any atom is -0.493 e. The predicted molar refractivity (Wildman–Crippen MR) is 142 cm³/mol. The topological polar surface area (TPSA) is 182 Å². The molecular formula is C26H28N4O9S. The maximum atomic E-state index is 12.7. The zero-order chi connectivity index (χ0) is 29.1. The first-order valence-electron chi connectivity index (χ1n) is 11.9. The molecule has 0 aliphatic rings. The van der Waals surface area contributed by atoms with Gasteiger partial charge in [0.2, 0.25) is 5.88 Å². The molecule has 14 heteroatoms. The number of benzene rings is 2. The van der Waals surface area contributed by atoms with Crippen LogP contribution in [-0.4, -0.2) is 70.3 Å². The van der Waals surface area contributed by atoms with Crippen molar-refractivity contribution >= 4 is 27.9 Å². The van der Waals surface area contributed by atoms with Crippen LogP contribution in [0, 0.1) is 0 Å². The van der Waals surface area contributed by atoms with Crippen LogP contribution in [0.5, 0.6) is 17.4 Å². The number of aliphatic hydroxyl groups is 1. The number of pyridine rings is 1.